The molecule has 18 heteroatoms. The molecule has 38 heavy (non-hydrogen) atoms. The molecule has 0 saturated carbocycles. The fraction of sp³-hybridized carbons (Fsp3) is 0.200. The van der Waals surface area contributed by atoms with Crippen molar-refractivity contribution in [2.24, 2.45) is 0 Å². The second-order valence-electron chi connectivity index (χ2n) is 6.70. The highest BCUT2D eigenvalue weighted by Crippen LogP contribution is 2.42. The molecule has 202 valence electrons. The quantitative estimate of drug-likeness (QED) is 0.195. The van der Waals surface area contributed by atoms with Crippen molar-refractivity contribution in [3.8, 4) is 0 Å². The van der Waals surface area contributed by atoms with Crippen LogP contribution in [0.25, 0.3) is 0 Å². The third kappa shape index (κ3) is 6.39. The van der Waals surface area contributed by atoms with Gasteiger partial charge in [0.05, 0.1) is 43.2 Å². The van der Waals surface area contributed by atoms with Gasteiger partial charge in [-0.3, -0.25) is 29.8 Å². The second kappa shape index (κ2) is 12.7. The van der Waals surface area contributed by atoms with Gasteiger partial charge in [-0.1, -0.05) is 46.4 Å². The van der Waals surface area contributed by atoms with E-state index in [-0.39, 0.29) is 33.3 Å². The summed E-state index contributed by atoms with van der Waals surface area (Å²) >= 11 is 23.7. The van der Waals surface area contributed by atoms with E-state index in [0.717, 1.165) is 0 Å². The van der Waals surface area contributed by atoms with Crippen molar-refractivity contribution < 1.29 is 38.5 Å². The minimum atomic E-state index is -1.80. The van der Waals surface area contributed by atoms with E-state index in [2.05, 4.69) is 9.47 Å². The smallest absolute Gasteiger partial charge is 0.399 e. The predicted molar refractivity (Wildman–Crippen MR) is 134 cm³/mol. The fourth-order valence-corrected chi connectivity index (χ4v) is 3.49. The Morgan fingerprint density at radius 2 is 0.974 bits per heavy atom. The summed E-state index contributed by atoms with van der Waals surface area (Å²) in [7, 11) is 0. The van der Waals surface area contributed by atoms with Gasteiger partial charge in [-0.05, 0) is 26.0 Å². The summed E-state index contributed by atoms with van der Waals surface area (Å²) in [6.07, 6.45) is 0. The standard InChI is InChI=1S/C20H14Cl4N4O10/c1-3-37-19(31)17(29)25(13-5-9(21)11(23)7-15(13)27(33)34)26(18(30)20(32)38-4-2)14-6-10(22)12(24)8-16(14)28(35)36/h5-8H,3-4H2,1-2H3. The van der Waals surface area contributed by atoms with Crippen LogP contribution in [-0.2, 0) is 28.7 Å². The summed E-state index contributed by atoms with van der Waals surface area (Å²) in [5.74, 6) is -6.94. The van der Waals surface area contributed by atoms with Crippen LogP contribution in [0.5, 0.6) is 0 Å². The lowest BCUT2D eigenvalue weighted by molar-refractivity contribution is -0.384. The molecule has 2 aromatic carbocycles. The van der Waals surface area contributed by atoms with Crippen molar-refractivity contribution in [3.05, 3.63) is 64.6 Å². The zero-order valence-electron chi connectivity index (χ0n) is 19.1. The SMILES string of the molecule is CCOC(=O)C(=O)N(c1cc(Cl)c(Cl)cc1[N+](=O)[O-])N(C(=O)C(=O)OCC)c1cc(Cl)c(Cl)cc1[N+](=O)[O-]. The van der Waals surface area contributed by atoms with Gasteiger partial charge in [-0.15, -0.1) is 0 Å². The van der Waals surface area contributed by atoms with E-state index in [1.165, 1.54) is 13.8 Å². The number of nitrogens with zero attached hydrogens (tertiary/aromatic N) is 4. The summed E-state index contributed by atoms with van der Waals surface area (Å²) < 4.78 is 9.32. The molecule has 2 aromatic rings. The van der Waals surface area contributed by atoms with Gasteiger partial charge < -0.3 is 9.47 Å². The lowest BCUT2D eigenvalue weighted by Gasteiger charge is -2.32. The lowest BCUT2D eigenvalue weighted by Crippen LogP contribution is -2.56. The molecule has 0 aliphatic rings. The van der Waals surface area contributed by atoms with Crippen LogP contribution in [0.4, 0.5) is 22.7 Å². The largest absolute Gasteiger partial charge is 0.459 e. The molecule has 0 spiro atoms. The first kappa shape index (κ1) is 30.5. The number of ether oxygens (including phenoxy) is 2. The molecule has 0 aromatic heterocycles. The summed E-state index contributed by atoms with van der Waals surface area (Å²) in [6, 6.07) is 2.80. The van der Waals surface area contributed by atoms with Crippen LogP contribution in [0, 0.1) is 20.2 Å². The lowest BCUT2D eigenvalue weighted by atomic mass is 10.2. The maximum Gasteiger partial charge on any atom is 0.399 e. The molecule has 0 unspecified atom stereocenters. The average Bonchev–Trinajstić information content (AvgIpc) is 2.84. The maximum atomic E-state index is 13.3. The number of hydrogen-bond donors (Lipinski definition) is 0. The molecule has 0 aliphatic heterocycles. The van der Waals surface area contributed by atoms with Gasteiger partial charge in [-0.25, -0.2) is 9.59 Å². The number of halogens is 4. The number of nitro benzene ring substituents is 2. The summed E-state index contributed by atoms with van der Waals surface area (Å²) in [5, 5.41) is 22.2. The normalized spacial score (nSPS) is 10.4. The van der Waals surface area contributed by atoms with E-state index < -0.39 is 66.4 Å². The Balaban J connectivity index is 3.10. The maximum absolute atomic E-state index is 13.3. The Labute approximate surface area is 232 Å². The predicted octanol–water partition coefficient (Wildman–Crippen LogP) is 4.52. The third-order valence-corrected chi connectivity index (χ3v) is 5.81. The number of nitro groups is 2. The molecule has 0 radical (unpaired) electrons. The van der Waals surface area contributed by atoms with Gasteiger partial charge >= 0.3 is 23.8 Å². The van der Waals surface area contributed by atoms with E-state index in [1.54, 1.807) is 0 Å². The van der Waals surface area contributed by atoms with Crippen LogP contribution < -0.4 is 10.0 Å². The number of hydrogen-bond acceptors (Lipinski definition) is 10. The molecule has 2 amide bonds. The topological polar surface area (TPSA) is 179 Å². The number of amides is 2. The Morgan fingerprint density at radius 3 is 1.24 bits per heavy atom. The van der Waals surface area contributed by atoms with E-state index in [9.17, 15) is 39.4 Å². The van der Waals surface area contributed by atoms with Crippen molar-refractivity contribution >= 4 is 92.9 Å². The highest BCUT2D eigenvalue weighted by atomic mass is 35.5. The first-order valence-electron chi connectivity index (χ1n) is 10.1. The van der Waals surface area contributed by atoms with Crippen LogP contribution >= 0.6 is 46.4 Å². The molecule has 0 heterocycles. The highest BCUT2D eigenvalue weighted by Gasteiger charge is 2.43. The first-order chi connectivity index (χ1) is 17.8. The monoisotopic (exact) mass is 610 g/mol. The summed E-state index contributed by atoms with van der Waals surface area (Å²) in [5.41, 5.74) is -3.80. The number of esters is 2. The number of carbonyl (C=O) groups is 4. The van der Waals surface area contributed by atoms with E-state index in [4.69, 9.17) is 46.4 Å². The van der Waals surface area contributed by atoms with E-state index >= 15 is 0 Å². The van der Waals surface area contributed by atoms with Gasteiger partial charge in [-0.2, -0.15) is 10.0 Å². The molecule has 0 saturated heterocycles. The Bertz CT molecular complexity index is 1250. The number of anilines is 2. The minimum absolute atomic E-state index is 0.00977. The van der Waals surface area contributed by atoms with Crippen molar-refractivity contribution in [3.63, 3.8) is 0 Å². The molecule has 2 rings (SSSR count). The molecule has 0 bridgehead atoms. The molecule has 0 aliphatic carbocycles. The van der Waals surface area contributed by atoms with Crippen molar-refractivity contribution in [2.75, 3.05) is 23.2 Å². The number of benzene rings is 2. The Kier molecular flexibility index (Phi) is 10.2. The zero-order chi connectivity index (χ0) is 28.9. The zero-order valence-corrected chi connectivity index (χ0v) is 22.1. The first-order valence-corrected chi connectivity index (χ1v) is 11.6. The van der Waals surface area contributed by atoms with E-state index in [1.807, 2.05) is 0 Å². The number of carbonyl (C=O) groups excluding carboxylic acids is 4. The van der Waals surface area contributed by atoms with Crippen molar-refractivity contribution in [1.29, 1.82) is 0 Å². The average molecular weight is 612 g/mol. The summed E-state index contributed by atoms with van der Waals surface area (Å²) in [6.45, 7) is 1.92. The highest BCUT2D eigenvalue weighted by molar-refractivity contribution is 6.46. The molecular formula is C20H14Cl4N4O10. The van der Waals surface area contributed by atoms with Gasteiger partial charge in [0.15, 0.2) is 0 Å². The number of hydrazine groups is 1. The molecule has 0 N–H and O–H groups in total. The van der Waals surface area contributed by atoms with Crippen LogP contribution in [-0.4, -0.2) is 46.8 Å². The van der Waals surface area contributed by atoms with Gasteiger partial charge in [0.25, 0.3) is 11.4 Å². The molecule has 0 fully saturated rings. The molecule has 14 nitrogen and oxygen atoms in total. The third-order valence-electron chi connectivity index (χ3n) is 4.37. The van der Waals surface area contributed by atoms with Gasteiger partial charge in [0.1, 0.15) is 11.4 Å². The van der Waals surface area contributed by atoms with Crippen LogP contribution in [0.15, 0.2) is 24.3 Å². The van der Waals surface area contributed by atoms with Crippen LogP contribution in [0.2, 0.25) is 20.1 Å². The Morgan fingerprint density at radius 1 is 0.684 bits per heavy atom. The second-order valence-corrected chi connectivity index (χ2v) is 8.33. The number of rotatable bonds is 6. The van der Waals surface area contributed by atoms with Crippen LogP contribution in [0.1, 0.15) is 13.8 Å². The summed E-state index contributed by atoms with van der Waals surface area (Å²) in [4.78, 5) is 73.2. The van der Waals surface area contributed by atoms with Crippen molar-refractivity contribution in [1.82, 2.24) is 0 Å². The Hall–Kier alpha value is -3.72. The molecule has 0 atom stereocenters. The van der Waals surface area contributed by atoms with Crippen molar-refractivity contribution in [2.45, 2.75) is 13.8 Å². The molecular weight excluding hydrogens is 598 g/mol. The van der Waals surface area contributed by atoms with Crippen LogP contribution in [0.3, 0.4) is 0 Å². The van der Waals surface area contributed by atoms with Gasteiger partial charge in [0.2, 0.25) is 0 Å². The minimum Gasteiger partial charge on any atom is -0.459 e. The van der Waals surface area contributed by atoms with Gasteiger partial charge in [0, 0.05) is 12.1 Å². The van der Waals surface area contributed by atoms with E-state index in [0.29, 0.717) is 24.3 Å². The fourth-order valence-electron chi connectivity index (χ4n) is 2.86.